The fourth-order valence-corrected chi connectivity index (χ4v) is 1.38. The molecule has 0 aliphatic rings. The van der Waals surface area contributed by atoms with E-state index in [9.17, 15) is 0 Å². The lowest BCUT2D eigenvalue weighted by atomic mass is 10.1. The molecular weight excluding hydrogens is 150 g/mol. The highest BCUT2D eigenvalue weighted by molar-refractivity contribution is 5.80. The Morgan fingerprint density at radius 1 is 1.33 bits per heavy atom. The van der Waals surface area contributed by atoms with E-state index in [2.05, 4.69) is 17.4 Å². The summed E-state index contributed by atoms with van der Waals surface area (Å²) >= 11 is 0. The molecule has 2 aromatic rings. The van der Waals surface area contributed by atoms with Gasteiger partial charge in [0.1, 0.15) is 5.58 Å². The molecule has 0 radical (unpaired) electrons. The van der Waals surface area contributed by atoms with Gasteiger partial charge in [-0.3, -0.25) is 0 Å². The van der Waals surface area contributed by atoms with Crippen LogP contribution in [-0.2, 0) is 6.54 Å². The molecule has 0 amide bonds. The smallest absolute Gasteiger partial charge is 0.138 e. The minimum Gasteiger partial charge on any atom is -0.464 e. The van der Waals surface area contributed by atoms with Crippen molar-refractivity contribution < 1.29 is 4.42 Å². The Bertz CT molecular complexity index is 378. The molecule has 1 N–H and O–H groups in total. The molecule has 1 aromatic carbocycles. The molecule has 0 bridgehead atoms. The van der Waals surface area contributed by atoms with Gasteiger partial charge >= 0.3 is 0 Å². The number of nitrogens with one attached hydrogen (secondary N) is 1. The van der Waals surface area contributed by atoms with Crippen molar-refractivity contribution >= 4 is 11.0 Å². The van der Waals surface area contributed by atoms with Gasteiger partial charge in [-0.2, -0.15) is 0 Å². The van der Waals surface area contributed by atoms with E-state index >= 15 is 0 Å². The predicted molar refractivity (Wildman–Crippen MR) is 49.0 cm³/mol. The summed E-state index contributed by atoms with van der Waals surface area (Å²) in [6, 6.07) is 8.15. The average Bonchev–Trinajstić information content (AvgIpc) is 2.53. The van der Waals surface area contributed by atoms with E-state index in [1.54, 1.807) is 6.26 Å². The summed E-state index contributed by atoms with van der Waals surface area (Å²) in [7, 11) is 1.93. The monoisotopic (exact) mass is 161 g/mol. The van der Waals surface area contributed by atoms with Crippen LogP contribution in [0.5, 0.6) is 0 Å². The molecule has 0 saturated heterocycles. The quantitative estimate of drug-likeness (QED) is 0.730. The maximum absolute atomic E-state index is 5.36. The molecule has 0 unspecified atom stereocenters. The van der Waals surface area contributed by atoms with Gasteiger partial charge in [-0.25, -0.2) is 0 Å². The van der Waals surface area contributed by atoms with Gasteiger partial charge in [-0.1, -0.05) is 18.2 Å². The number of fused-ring (bicyclic) bond motifs is 1. The van der Waals surface area contributed by atoms with Crippen molar-refractivity contribution in [1.29, 1.82) is 0 Å². The maximum atomic E-state index is 5.36. The van der Waals surface area contributed by atoms with Crippen LogP contribution in [0.3, 0.4) is 0 Å². The first-order valence-electron chi connectivity index (χ1n) is 4.01. The Morgan fingerprint density at radius 2 is 2.25 bits per heavy atom. The normalized spacial score (nSPS) is 10.8. The SMILES string of the molecule is CNCc1cccc2ccoc12. The van der Waals surface area contributed by atoms with E-state index in [0.717, 1.165) is 12.1 Å². The van der Waals surface area contributed by atoms with E-state index in [1.807, 2.05) is 19.2 Å². The third-order valence-electron chi connectivity index (χ3n) is 1.93. The third-order valence-corrected chi connectivity index (χ3v) is 1.93. The van der Waals surface area contributed by atoms with Crippen molar-refractivity contribution in [3.63, 3.8) is 0 Å². The molecule has 2 heteroatoms. The van der Waals surface area contributed by atoms with Crippen molar-refractivity contribution in [1.82, 2.24) is 5.32 Å². The predicted octanol–water partition coefficient (Wildman–Crippen LogP) is 2.15. The Morgan fingerprint density at radius 3 is 3.08 bits per heavy atom. The van der Waals surface area contributed by atoms with E-state index in [4.69, 9.17) is 4.42 Å². The highest BCUT2D eigenvalue weighted by atomic mass is 16.3. The van der Waals surface area contributed by atoms with Gasteiger partial charge in [-0.15, -0.1) is 0 Å². The van der Waals surface area contributed by atoms with Crippen molar-refractivity contribution in [3.8, 4) is 0 Å². The molecule has 2 nitrogen and oxygen atoms in total. The van der Waals surface area contributed by atoms with Gasteiger partial charge in [0.25, 0.3) is 0 Å². The lowest BCUT2D eigenvalue weighted by Crippen LogP contribution is -2.04. The standard InChI is InChI=1S/C10H11NO/c1-11-7-9-4-2-3-8-5-6-12-10(8)9/h2-6,11H,7H2,1H3. The topological polar surface area (TPSA) is 25.2 Å². The average molecular weight is 161 g/mol. The zero-order valence-electron chi connectivity index (χ0n) is 7.00. The van der Waals surface area contributed by atoms with Gasteiger partial charge in [0.15, 0.2) is 0 Å². The molecule has 12 heavy (non-hydrogen) atoms. The van der Waals surface area contributed by atoms with Crippen LogP contribution in [0.15, 0.2) is 34.9 Å². The summed E-state index contributed by atoms with van der Waals surface area (Å²) in [6.07, 6.45) is 1.73. The Hall–Kier alpha value is -1.28. The molecule has 0 spiro atoms. The maximum Gasteiger partial charge on any atom is 0.138 e. The van der Waals surface area contributed by atoms with Crippen molar-refractivity contribution in [2.75, 3.05) is 7.05 Å². The fraction of sp³-hybridized carbons (Fsp3) is 0.200. The Kier molecular flexibility index (Phi) is 1.84. The zero-order valence-corrected chi connectivity index (χ0v) is 7.00. The highest BCUT2D eigenvalue weighted by Crippen LogP contribution is 2.19. The zero-order chi connectivity index (χ0) is 8.39. The van der Waals surface area contributed by atoms with Crippen molar-refractivity contribution in [3.05, 3.63) is 36.1 Å². The van der Waals surface area contributed by atoms with Crippen molar-refractivity contribution in [2.45, 2.75) is 6.54 Å². The molecule has 2 rings (SSSR count). The molecule has 0 saturated carbocycles. The largest absolute Gasteiger partial charge is 0.464 e. The molecule has 0 atom stereocenters. The molecule has 0 aliphatic carbocycles. The van der Waals surface area contributed by atoms with Gasteiger partial charge in [0, 0.05) is 17.5 Å². The van der Waals surface area contributed by atoms with Crippen LogP contribution in [-0.4, -0.2) is 7.05 Å². The van der Waals surface area contributed by atoms with Gasteiger partial charge in [-0.05, 0) is 13.1 Å². The fourth-order valence-electron chi connectivity index (χ4n) is 1.38. The lowest BCUT2D eigenvalue weighted by molar-refractivity contribution is 0.608. The van der Waals surface area contributed by atoms with Crippen LogP contribution in [0.4, 0.5) is 0 Å². The molecule has 0 fully saturated rings. The summed E-state index contributed by atoms with van der Waals surface area (Å²) in [5, 5.41) is 4.28. The number of hydrogen-bond acceptors (Lipinski definition) is 2. The number of benzene rings is 1. The second-order valence-corrected chi connectivity index (χ2v) is 2.79. The molecule has 1 aromatic heterocycles. The third kappa shape index (κ3) is 1.10. The van der Waals surface area contributed by atoms with Crippen LogP contribution in [0.25, 0.3) is 11.0 Å². The summed E-state index contributed by atoms with van der Waals surface area (Å²) in [6.45, 7) is 0.852. The van der Waals surface area contributed by atoms with Gasteiger partial charge in [0.05, 0.1) is 6.26 Å². The van der Waals surface area contributed by atoms with E-state index in [1.165, 1.54) is 10.9 Å². The lowest BCUT2D eigenvalue weighted by Gasteiger charge is -1.99. The Labute approximate surface area is 71.2 Å². The molecule has 62 valence electrons. The molecular formula is C10H11NO. The minimum atomic E-state index is 0.852. The number of rotatable bonds is 2. The van der Waals surface area contributed by atoms with Crippen LogP contribution >= 0.6 is 0 Å². The molecule has 0 aliphatic heterocycles. The van der Waals surface area contributed by atoms with Gasteiger partial charge < -0.3 is 9.73 Å². The summed E-state index contributed by atoms with van der Waals surface area (Å²) in [4.78, 5) is 0. The first kappa shape index (κ1) is 7.37. The first-order valence-corrected chi connectivity index (χ1v) is 4.01. The molecule has 1 heterocycles. The van der Waals surface area contributed by atoms with Gasteiger partial charge in [0.2, 0.25) is 0 Å². The number of furan rings is 1. The second kappa shape index (κ2) is 2.99. The van der Waals surface area contributed by atoms with E-state index in [-0.39, 0.29) is 0 Å². The summed E-state index contributed by atoms with van der Waals surface area (Å²) in [5.74, 6) is 0. The van der Waals surface area contributed by atoms with Crippen molar-refractivity contribution in [2.24, 2.45) is 0 Å². The minimum absolute atomic E-state index is 0.852. The van der Waals surface area contributed by atoms with Crippen LogP contribution < -0.4 is 5.32 Å². The highest BCUT2D eigenvalue weighted by Gasteiger charge is 2.01. The van der Waals surface area contributed by atoms with Crippen LogP contribution in [0, 0.1) is 0 Å². The number of hydrogen-bond donors (Lipinski definition) is 1. The Balaban J connectivity index is 2.57. The summed E-state index contributed by atoms with van der Waals surface area (Å²) in [5.41, 5.74) is 2.20. The van der Waals surface area contributed by atoms with E-state index in [0.29, 0.717) is 0 Å². The second-order valence-electron chi connectivity index (χ2n) is 2.79. The summed E-state index contributed by atoms with van der Waals surface area (Å²) < 4.78 is 5.36. The van der Waals surface area contributed by atoms with Crippen LogP contribution in [0.2, 0.25) is 0 Å². The number of para-hydroxylation sites is 1. The van der Waals surface area contributed by atoms with E-state index < -0.39 is 0 Å². The first-order chi connectivity index (χ1) is 5.92. The van der Waals surface area contributed by atoms with Crippen LogP contribution in [0.1, 0.15) is 5.56 Å².